The molecule has 1 saturated carbocycles. The van der Waals surface area contributed by atoms with Crippen molar-refractivity contribution in [2.24, 2.45) is 4.99 Å². The van der Waals surface area contributed by atoms with Gasteiger partial charge in [-0.15, -0.1) is 0 Å². The fourth-order valence-electron chi connectivity index (χ4n) is 1.77. The van der Waals surface area contributed by atoms with Crippen molar-refractivity contribution in [2.75, 3.05) is 6.61 Å². The number of benzene rings is 1. The smallest absolute Gasteiger partial charge is 0.343 e. The van der Waals surface area contributed by atoms with E-state index in [4.69, 9.17) is 0 Å². The summed E-state index contributed by atoms with van der Waals surface area (Å²) in [6.45, 7) is 1.30. The molecule has 1 aliphatic rings. The second kappa shape index (κ2) is 6.98. The van der Waals surface area contributed by atoms with Crippen LogP contribution in [0.5, 0.6) is 0 Å². The summed E-state index contributed by atoms with van der Waals surface area (Å²) in [5.74, 6) is -14.0. The van der Waals surface area contributed by atoms with Crippen molar-refractivity contribution in [3.8, 4) is 0 Å². The summed E-state index contributed by atoms with van der Waals surface area (Å²) in [6, 6.07) is -0.126. The Balaban J connectivity index is 2.64. The molecular weight excluding hydrogens is 337 g/mol. The fraction of sp³-hybridized carbons (Fsp3) is 0.333. The average molecular weight is 349 g/mol. The molecule has 0 atom stereocenters. The number of nitrogens with zero attached hydrogens (tertiary/aromatic N) is 1. The predicted octanol–water partition coefficient (Wildman–Crippen LogP) is 3.45. The van der Waals surface area contributed by atoms with Gasteiger partial charge in [0.1, 0.15) is 11.3 Å². The lowest BCUT2D eigenvalue weighted by molar-refractivity contribution is -0.137. The Morgan fingerprint density at radius 1 is 1.12 bits per heavy atom. The fourth-order valence-corrected chi connectivity index (χ4v) is 1.77. The van der Waals surface area contributed by atoms with Crippen LogP contribution in [0.4, 0.5) is 22.0 Å². The van der Waals surface area contributed by atoms with Crippen LogP contribution in [0.25, 0.3) is 5.76 Å². The molecule has 1 aromatic carbocycles. The maximum absolute atomic E-state index is 13.8. The molecule has 0 radical (unpaired) electrons. The number of rotatable bonds is 5. The molecule has 0 aliphatic heterocycles. The van der Waals surface area contributed by atoms with Crippen LogP contribution >= 0.6 is 0 Å². The molecule has 0 heterocycles. The minimum absolute atomic E-state index is 0.126. The molecule has 0 unspecified atom stereocenters. The van der Waals surface area contributed by atoms with E-state index in [-0.39, 0.29) is 12.6 Å². The molecule has 130 valence electrons. The molecular formula is C15H12F5NO3. The summed E-state index contributed by atoms with van der Waals surface area (Å²) >= 11 is 0. The van der Waals surface area contributed by atoms with Crippen molar-refractivity contribution in [2.45, 2.75) is 25.8 Å². The Bertz CT molecular complexity index is 712. The first-order valence-corrected chi connectivity index (χ1v) is 6.94. The lowest BCUT2D eigenvalue weighted by Crippen LogP contribution is -2.14. The average Bonchev–Trinajstić information content (AvgIpc) is 3.36. The van der Waals surface area contributed by atoms with Crippen molar-refractivity contribution in [1.29, 1.82) is 0 Å². The van der Waals surface area contributed by atoms with Gasteiger partial charge < -0.3 is 9.84 Å². The quantitative estimate of drug-likeness (QED) is 0.168. The highest BCUT2D eigenvalue weighted by atomic mass is 19.2. The lowest BCUT2D eigenvalue weighted by atomic mass is 10.1. The third kappa shape index (κ3) is 3.39. The number of ether oxygens (including phenoxy) is 1. The molecule has 1 aliphatic carbocycles. The molecule has 2 rings (SSSR count). The first kappa shape index (κ1) is 17.9. The summed E-state index contributed by atoms with van der Waals surface area (Å²) in [4.78, 5) is 15.7. The van der Waals surface area contributed by atoms with Gasteiger partial charge in [-0.05, 0) is 19.8 Å². The minimum Gasteiger partial charge on any atom is -0.506 e. The number of esters is 1. The number of carbonyl (C=O) groups excluding carboxylic acids is 1. The Hall–Kier alpha value is -2.45. The van der Waals surface area contributed by atoms with Crippen molar-refractivity contribution in [3.63, 3.8) is 0 Å². The van der Waals surface area contributed by atoms with Gasteiger partial charge in [0.15, 0.2) is 23.3 Å². The van der Waals surface area contributed by atoms with Crippen LogP contribution in [0.2, 0.25) is 0 Å². The Labute approximate surface area is 133 Å². The molecule has 4 nitrogen and oxygen atoms in total. The van der Waals surface area contributed by atoms with Gasteiger partial charge >= 0.3 is 5.97 Å². The van der Waals surface area contributed by atoms with Crippen molar-refractivity contribution in [3.05, 3.63) is 40.2 Å². The molecule has 1 N–H and O–H groups in total. The van der Waals surface area contributed by atoms with Gasteiger partial charge in [0.25, 0.3) is 0 Å². The molecule has 1 fully saturated rings. The Kier molecular flexibility index (Phi) is 5.20. The SMILES string of the molecule is CCOC(=O)C(C=NC1CC1)=C(O)c1c(F)c(F)c(F)c(F)c1F. The monoisotopic (exact) mass is 349 g/mol. The van der Waals surface area contributed by atoms with E-state index < -0.39 is 52.0 Å². The highest BCUT2D eigenvalue weighted by Gasteiger charge is 2.31. The van der Waals surface area contributed by atoms with Crippen LogP contribution < -0.4 is 0 Å². The maximum Gasteiger partial charge on any atom is 0.343 e. The maximum atomic E-state index is 13.8. The minimum atomic E-state index is -2.37. The number of carbonyl (C=O) groups is 1. The van der Waals surface area contributed by atoms with Gasteiger partial charge in [0, 0.05) is 6.21 Å². The van der Waals surface area contributed by atoms with Crippen molar-refractivity contribution < 1.29 is 36.6 Å². The largest absolute Gasteiger partial charge is 0.506 e. The van der Waals surface area contributed by atoms with E-state index in [2.05, 4.69) is 9.73 Å². The Morgan fingerprint density at radius 3 is 2.08 bits per heavy atom. The third-order valence-electron chi connectivity index (χ3n) is 3.16. The van der Waals surface area contributed by atoms with Gasteiger partial charge in [0.2, 0.25) is 5.82 Å². The van der Waals surface area contributed by atoms with E-state index in [1.807, 2.05) is 0 Å². The van der Waals surface area contributed by atoms with Crippen LogP contribution in [-0.2, 0) is 9.53 Å². The zero-order valence-electron chi connectivity index (χ0n) is 12.4. The molecule has 9 heteroatoms. The van der Waals surface area contributed by atoms with Crippen molar-refractivity contribution in [1.82, 2.24) is 0 Å². The van der Waals surface area contributed by atoms with E-state index in [9.17, 15) is 31.9 Å². The summed E-state index contributed by atoms with van der Waals surface area (Å²) in [7, 11) is 0. The zero-order chi connectivity index (χ0) is 18.0. The first-order valence-electron chi connectivity index (χ1n) is 6.94. The molecule has 0 amide bonds. The standard InChI is InChI=1S/C15H12F5NO3/c1-2-24-15(23)7(5-21-6-3-4-6)14(22)8-9(16)11(18)13(20)12(19)10(8)17/h5-6,22H,2-4H2,1H3. The number of halogens is 5. The van der Waals surface area contributed by atoms with Gasteiger partial charge in [-0.25, -0.2) is 26.7 Å². The van der Waals surface area contributed by atoms with Gasteiger partial charge in [-0.1, -0.05) is 0 Å². The molecule has 0 aromatic heterocycles. The van der Waals surface area contributed by atoms with Crippen LogP contribution in [-0.4, -0.2) is 29.9 Å². The molecule has 0 spiro atoms. The number of aliphatic hydroxyl groups is 1. The Morgan fingerprint density at radius 2 is 1.62 bits per heavy atom. The highest BCUT2D eigenvalue weighted by Crippen LogP contribution is 2.29. The van der Waals surface area contributed by atoms with Crippen LogP contribution in [0.3, 0.4) is 0 Å². The van der Waals surface area contributed by atoms with Crippen molar-refractivity contribution >= 4 is 17.9 Å². The van der Waals surface area contributed by atoms with E-state index in [0.29, 0.717) is 0 Å². The summed E-state index contributed by atoms with van der Waals surface area (Å²) in [6.07, 6.45) is 2.24. The topological polar surface area (TPSA) is 58.9 Å². The number of hydrogen-bond donors (Lipinski definition) is 1. The molecule has 1 aromatic rings. The summed E-state index contributed by atoms with van der Waals surface area (Å²) in [5.41, 5.74) is -2.41. The molecule has 0 bridgehead atoms. The normalized spacial score (nSPS) is 15.6. The lowest BCUT2D eigenvalue weighted by Gasteiger charge is -2.10. The first-order chi connectivity index (χ1) is 11.3. The van der Waals surface area contributed by atoms with Gasteiger partial charge in [-0.3, -0.25) is 4.99 Å². The summed E-state index contributed by atoms with van der Waals surface area (Å²) < 4.78 is 71.7. The highest BCUT2D eigenvalue weighted by molar-refractivity contribution is 6.15. The van der Waals surface area contributed by atoms with E-state index >= 15 is 0 Å². The second-order valence-corrected chi connectivity index (χ2v) is 4.94. The summed E-state index contributed by atoms with van der Waals surface area (Å²) in [5, 5.41) is 9.96. The predicted molar refractivity (Wildman–Crippen MR) is 73.9 cm³/mol. The van der Waals surface area contributed by atoms with E-state index in [1.54, 1.807) is 0 Å². The zero-order valence-corrected chi connectivity index (χ0v) is 12.4. The van der Waals surface area contributed by atoms with Crippen LogP contribution in [0.15, 0.2) is 10.6 Å². The van der Waals surface area contributed by atoms with E-state index in [0.717, 1.165) is 19.1 Å². The number of hydrogen-bond acceptors (Lipinski definition) is 4. The second-order valence-electron chi connectivity index (χ2n) is 4.94. The third-order valence-corrected chi connectivity index (χ3v) is 3.16. The number of aliphatic hydroxyl groups excluding tert-OH is 1. The van der Waals surface area contributed by atoms with Crippen LogP contribution in [0.1, 0.15) is 25.3 Å². The molecule has 24 heavy (non-hydrogen) atoms. The van der Waals surface area contributed by atoms with Crippen LogP contribution in [0, 0.1) is 29.1 Å². The van der Waals surface area contributed by atoms with E-state index in [1.165, 1.54) is 6.92 Å². The number of aliphatic imine (C=N–C) groups is 1. The van der Waals surface area contributed by atoms with Gasteiger partial charge in [-0.2, -0.15) is 0 Å². The van der Waals surface area contributed by atoms with Gasteiger partial charge in [0.05, 0.1) is 18.2 Å². The molecule has 0 saturated heterocycles.